The molecule has 0 aliphatic carbocycles. The molecule has 4 nitrogen and oxygen atoms in total. The van der Waals surface area contributed by atoms with Gasteiger partial charge in [0.05, 0.1) is 16.3 Å². The summed E-state index contributed by atoms with van der Waals surface area (Å²) in [4.78, 5) is 16.7. The van der Waals surface area contributed by atoms with Gasteiger partial charge in [0.2, 0.25) is 5.91 Å². The number of nitrogens with one attached hydrogen (secondary N) is 1. The summed E-state index contributed by atoms with van der Waals surface area (Å²) in [5, 5.41) is 3.68. The van der Waals surface area contributed by atoms with Gasteiger partial charge >= 0.3 is 0 Å². The van der Waals surface area contributed by atoms with E-state index in [4.69, 9.17) is 0 Å². The molecule has 1 atom stereocenters. The van der Waals surface area contributed by atoms with Crippen molar-refractivity contribution in [3.05, 3.63) is 24.3 Å². The molecular formula is C15H21N3OS. The van der Waals surface area contributed by atoms with E-state index in [0.29, 0.717) is 0 Å². The second-order valence-electron chi connectivity index (χ2n) is 5.94. The van der Waals surface area contributed by atoms with Gasteiger partial charge in [-0.2, -0.15) is 0 Å². The third kappa shape index (κ3) is 3.33. The molecular weight excluding hydrogens is 270 g/mol. The monoisotopic (exact) mass is 291 g/mol. The maximum atomic E-state index is 12.1. The molecule has 1 amide bonds. The first-order chi connectivity index (χ1) is 9.28. The van der Waals surface area contributed by atoms with E-state index in [9.17, 15) is 4.79 Å². The number of carbonyl (C=O) groups excluding carboxylic acids is 1. The molecule has 1 aromatic heterocycles. The fourth-order valence-electron chi connectivity index (χ4n) is 1.91. The molecule has 1 heterocycles. The lowest BCUT2D eigenvalue weighted by molar-refractivity contribution is -0.121. The summed E-state index contributed by atoms with van der Waals surface area (Å²) in [6.07, 6.45) is 0. The van der Waals surface area contributed by atoms with E-state index in [1.807, 2.05) is 63.6 Å². The van der Waals surface area contributed by atoms with Crippen LogP contribution in [0, 0.1) is 0 Å². The predicted molar refractivity (Wildman–Crippen MR) is 83.9 cm³/mol. The molecule has 1 unspecified atom stereocenters. The minimum absolute atomic E-state index is 0.0366. The van der Waals surface area contributed by atoms with E-state index in [1.165, 1.54) is 11.8 Å². The zero-order valence-electron chi connectivity index (χ0n) is 12.6. The fraction of sp³-hybridized carbons (Fsp3) is 0.467. The van der Waals surface area contributed by atoms with Crippen LogP contribution in [0.4, 0.5) is 0 Å². The van der Waals surface area contributed by atoms with Gasteiger partial charge in [-0.15, -0.1) is 0 Å². The summed E-state index contributed by atoms with van der Waals surface area (Å²) in [7, 11) is 1.98. The van der Waals surface area contributed by atoms with E-state index in [-0.39, 0.29) is 16.7 Å². The van der Waals surface area contributed by atoms with Gasteiger partial charge in [-0.1, -0.05) is 23.9 Å². The minimum atomic E-state index is -0.210. The van der Waals surface area contributed by atoms with E-state index >= 15 is 0 Å². The normalized spacial score (nSPS) is 13.4. The van der Waals surface area contributed by atoms with Crippen LogP contribution in [0.15, 0.2) is 29.4 Å². The van der Waals surface area contributed by atoms with Gasteiger partial charge in [-0.05, 0) is 39.8 Å². The smallest absolute Gasteiger partial charge is 0.233 e. The lowest BCUT2D eigenvalue weighted by Gasteiger charge is -2.22. The molecule has 0 spiro atoms. The largest absolute Gasteiger partial charge is 0.351 e. The quantitative estimate of drug-likeness (QED) is 0.884. The second-order valence-corrected chi connectivity index (χ2v) is 7.25. The molecule has 0 radical (unpaired) electrons. The molecule has 5 heteroatoms. The highest BCUT2D eigenvalue weighted by Crippen LogP contribution is 2.26. The van der Waals surface area contributed by atoms with Crippen molar-refractivity contribution in [3.8, 4) is 0 Å². The van der Waals surface area contributed by atoms with Crippen LogP contribution < -0.4 is 5.32 Å². The van der Waals surface area contributed by atoms with Crippen LogP contribution in [0.1, 0.15) is 27.7 Å². The third-order valence-corrected chi connectivity index (χ3v) is 4.04. The van der Waals surface area contributed by atoms with Crippen LogP contribution in [0.2, 0.25) is 0 Å². The van der Waals surface area contributed by atoms with Crippen molar-refractivity contribution in [1.29, 1.82) is 0 Å². The molecule has 1 N–H and O–H groups in total. The average molecular weight is 291 g/mol. The summed E-state index contributed by atoms with van der Waals surface area (Å²) in [6.45, 7) is 7.86. The Labute approximate surface area is 124 Å². The van der Waals surface area contributed by atoms with Crippen LogP contribution >= 0.6 is 11.8 Å². The Balaban J connectivity index is 2.16. The predicted octanol–water partition coefficient (Wildman–Crippen LogP) is 2.97. The zero-order chi connectivity index (χ0) is 14.9. The van der Waals surface area contributed by atoms with Crippen LogP contribution in [0.25, 0.3) is 11.0 Å². The van der Waals surface area contributed by atoms with Crippen molar-refractivity contribution in [2.45, 2.75) is 43.6 Å². The summed E-state index contributed by atoms with van der Waals surface area (Å²) in [5.74, 6) is 0.0366. The Morgan fingerprint density at radius 3 is 2.60 bits per heavy atom. The Hall–Kier alpha value is -1.49. The number of benzene rings is 1. The van der Waals surface area contributed by atoms with Crippen molar-refractivity contribution in [2.24, 2.45) is 7.05 Å². The summed E-state index contributed by atoms with van der Waals surface area (Å²) in [6, 6.07) is 7.99. The number of rotatable bonds is 3. The third-order valence-electron chi connectivity index (χ3n) is 2.90. The Kier molecular flexibility index (Phi) is 4.09. The molecule has 0 fully saturated rings. The fourth-order valence-corrected chi connectivity index (χ4v) is 2.80. The van der Waals surface area contributed by atoms with Gasteiger partial charge in [0.25, 0.3) is 0 Å². The minimum Gasteiger partial charge on any atom is -0.351 e. The number of aromatic nitrogens is 2. The molecule has 0 aliphatic rings. The van der Waals surface area contributed by atoms with Crippen LogP contribution in [-0.4, -0.2) is 26.2 Å². The van der Waals surface area contributed by atoms with E-state index in [0.717, 1.165) is 16.2 Å². The maximum absolute atomic E-state index is 12.1. The Morgan fingerprint density at radius 1 is 1.35 bits per heavy atom. The van der Waals surface area contributed by atoms with Crippen LogP contribution in [0.3, 0.4) is 0 Å². The lowest BCUT2D eigenvalue weighted by Crippen LogP contribution is -2.44. The number of carbonyl (C=O) groups is 1. The second kappa shape index (κ2) is 5.48. The number of aryl methyl sites for hydroxylation is 1. The number of hydrogen-bond acceptors (Lipinski definition) is 3. The van der Waals surface area contributed by atoms with E-state index < -0.39 is 0 Å². The summed E-state index contributed by atoms with van der Waals surface area (Å²) in [5.41, 5.74) is 1.83. The van der Waals surface area contributed by atoms with Crippen molar-refractivity contribution in [3.63, 3.8) is 0 Å². The molecule has 20 heavy (non-hydrogen) atoms. The number of thioether (sulfide) groups is 1. The highest BCUT2D eigenvalue weighted by molar-refractivity contribution is 8.00. The molecule has 0 aliphatic heterocycles. The van der Waals surface area contributed by atoms with Gasteiger partial charge in [0.15, 0.2) is 5.16 Å². The highest BCUT2D eigenvalue weighted by atomic mass is 32.2. The number of fused-ring (bicyclic) bond motifs is 1. The van der Waals surface area contributed by atoms with Crippen molar-refractivity contribution in [1.82, 2.24) is 14.9 Å². The van der Waals surface area contributed by atoms with Gasteiger partial charge in [-0.3, -0.25) is 4.79 Å². The Morgan fingerprint density at radius 2 is 2.00 bits per heavy atom. The van der Waals surface area contributed by atoms with Crippen LogP contribution in [0.5, 0.6) is 0 Å². The highest BCUT2D eigenvalue weighted by Gasteiger charge is 2.22. The molecule has 0 saturated heterocycles. The lowest BCUT2D eigenvalue weighted by atomic mass is 10.1. The molecule has 0 saturated carbocycles. The molecule has 0 bridgehead atoms. The van der Waals surface area contributed by atoms with E-state index in [1.54, 1.807) is 0 Å². The average Bonchev–Trinajstić information content (AvgIpc) is 2.65. The van der Waals surface area contributed by atoms with Crippen molar-refractivity contribution in [2.75, 3.05) is 0 Å². The molecule has 2 rings (SSSR count). The molecule has 2 aromatic rings. The topological polar surface area (TPSA) is 46.9 Å². The number of nitrogens with zero attached hydrogens (tertiary/aromatic N) is 2. The van der Waals surface area contributed by atoms with Gasteiger partial charge in [0.1, 0.15) is 0 Å². The Bertz CT molecular complexity index is 628. The van der Waals surface area contributed by atoms with Gasteiger partial charge in [0, 0.05) is 12.6 Å². The van der Waals surface area contributed by atoms with Gasteiger partial charge in [-0.25, -0.2) is 4.98 Å². The maximum Gasteiger partial charge on any atom is 0.233 e. The SMILES string of the molecule is CC(Sc1nc2ccccc2n1C)C(=O)NC(C)(C)C. The molecule has 108 valence electrons. The summed E-state index contributed by atoms with van der Waals surface area (Å²) >= 11 is 1.48. The number of hydrogen-bond donors (Lipinski definition) is 1. The van der Waals surface area contributed by atoms with Crippen molar-refractivity contribution >= 4 is 28.7 Å². The van der Waals surface area contributed by atoms with Crippen LogP contribution in [-0.2, 0) is 11.8 Å². The standard InChI is InChI=1S/C15H21N3OS/c1-10(13(19)17-15(2,3)4)20-14-16-11-8-6-7-9-12(11)18(14)5/h6-10H,1-5H3,(H,17,19). The zero-order valence-corrected chi connectivity index (χ0v) is 13.4. The first-order valence-corrected chi connectivity index (χ1v) is 7.56. The van der Waals surface area contributed by atoms with E-state index in [2.05, 4.69) is 10.3 Å². The number of imidazole rings is 1. The first kappa shape index (κ1) is 14.9. The number of amides is 1. The first-order valence-electron chi connectivity index (χ1n) is 6.68. The number of para-hydroxylation sites is 2. The molecule has 1 aromatic carbocycles. The van der Waals surface area contributed by atoms with Crippen molar-refractivity contribution < 1.29 is 4.79 Å². The van der Waals surface area contributed by atoms with Gasteiger partial charge < -0.3 is 9.88 Å². The summed E-state index contributed by atoms with van der Waals surface area (Å²) < 4.78 is 2.03.